The molecule has 1 saturated carbocycles. The summed E-state index contributed by atoms with van der Waals surface area (Å²) in [6.07, 6.45) is 6.02. The molecule has 1 fully saturated rings. The maximum Gasteiger partial charge on any atom is 0.255 e. The summed E-state index contributed by atoms with van der Waals surface area (Å²) in [5.74, 6) is 0.378. The van der Waals surface area contributed by atoms with Gasteiger partial charge in [-0.1, -0.05) is 32.3 Å². The molecular weight excluding hydrogens is 400 g/mol. The second-order valence-corrected chi connectivity index (χ2v) is 9.67. The van der Waals surface area contributed by atoms with Crippen molar-refractivity contribution in [3.8, 4) is 5.75 Å². The van der Waals surface area contributed by atoms with Crippen LogP contribution in [-0.2, 0) is 10.0 Å². The number of rotatable bonds is 8. The van der Waals surface area contributed by atoms with Crippen LogP contribution in [0.1, 0.15) is 55.8 Å². The van der Waals surface area contributed by atoms with Gasteiger partial charge in [0, 0.05) is 24.3 Å². The lowest BCUT2D eigenvalue weighted by molar-refractivity contribution is 0.102. The summed E-state index contributed by atoms with van der Waals surface area (Å²) in [7, 11) is -1.89. The van der Waals surface area contributed by atoms with E-state index >= 15 is 0 Å². The predicted octanol–water partition coefficient (Wildman–Crippen LogP) is 4.68. The summed E-state index contributed by atoms with van der Waals surface area (Å²) < 4.78 is 32.9. The highest BCUT2D eigenvalue weighted by Gasteiger charge is 2.28. The van der Waals surface area contributed by atoms with Crippen molar-refractivity contribution in [2.24, 2.45) is 0 Å². The Hall–Kier alpha value is -2.38. The number of amides is 1. The zero-order valence-corrected chi connectivity index (χ0v) is 18.5. The van der Waals surface area contributed by atoms with Gasteiger partial charge in [0.2, 0.25) is 10.0 Å². The molecule has 0 atom stereocenters. The number of sulfonamides is 1. The van der Waals surface area contributed by atoms with Crippen molar-refractivity contribution in [2.75, 3.05) is 19.0 Å². The van der Waals surface area contributed by atoms with Gasteiger partial charge < -0.3 is 10.1 Å². The Bertz CT molecular complexity index is 951. The number of hydrogen-bond donors (Lipinski definition) is 1. The minimum absolute atomic E-state index is 0.0605. The van der Waals surface area contributed by atoms with Gasteiger partial charge in [0.05, 0.1) is 11.5 Å². The third kappa shape index (κ3) is 5.40. The zero-order valence-electron chi connectivity index (χ0n) is 17.6. The summed E-state index contributed by atoms with van der Waals surface area (Å²) in [4.78, 5) is 12.8. The van der Waals surface area contributed by atoms with Gasteiger partial charge in [0.1, 0.15) is 5.75 Å². The fourth-order valence-corrected chi connectivity index (χ4v) is 5.08. The average molecular weight is 431 g/mol. The number of carbonyl (C=O) groups is 1. The molecule has 1 amide bonds. The van der Waals surface area contributed by atoms with Crippen molar-refractivity contribution in [2.45, 2.75) is 56.4 Å². The van der Waals surface area contributed by atoms with Crippen LogP contribution < -0.4 is 10.1 Å². The number of carbonyl (C=O) groups excluding carboxylic acids is 1. The predicted molar refractivity (Wildman–Crippen MR) is 118 cm³/mol. The highest BCUT2D eigenvalue weighted by Crippen LogP contribution is 2.27. The molecular formula is C23H30N2O4S. The van der Waals surface area contributed by atoms with E-state index in [-0.39, 0.29) is 16.8 Å². The third-order valence-electron chi connectivity index (χ3n) is 5.45. The van der Waals surface area contributed by atoms with Gasteiger partial charge in [-0.2, -0.15) is 4.31 Å². The number of nitrogens with zero attached hydrogens (tertiary/aromatic N) is 1. The molecule has 0 bridgehead atoms. The van der Waals surface area contributed by atoms with Crippen LogP contribution in [-0.4, -0.2) is 38.3 Å². The van der Waals surface area contributed by atoms with Crippen molar-refractivity contribution in [3.63, 3.8) is 0 Å². The van der Waals surface area contributed by atoms with Crippen molar-refractivity contribution in [3.05, 3.63) is 54.1 Å². The lowest BCUT2D eigenvalue weighted by Crippen LogP contribution is -2.38. The second-order valence-electron chi connectivity index (χ2n) is 7.67. The molecule has 1 N–H and O–H groups in total. The normalized spacial score (nSPS) is 15.2. The Morgan fingerprint density at radius 1 is 1.10 bits per heavy atom. The van der Waals surface area contributed by atoms with E-state index in [1.54, 1.807) is 49.5 Å². The van der Waals surface area contributed by atoms with Crippen LogP contribution in [0.25, 0.3) is 0 Å². The average Bonchev–Trinajstić information content (AvgIpc) is 2.78. The summed E-state index contributed by atoms with van der Waals surface area (Å²) >= 11 is 0. The first kappa shape index (κ1) is 22.3. The minimum Gasteiger partial charge on any atom is -0.494 e. The van der Waals surface area contributed by atoms with E-state index < -0.39 is 10.0 Å². The van der Waals surface area contributed by atoms with Crippen LogP contribution in [0.4, 0.5) is 5.69 Å². The highest BCUT2D eigenvalue weighted by atomic mass is 32.2. The molecule has 3 rings (SSSR count). The van der Waals surface area contributed by atoms with E-state index in [0.717, 1.165) is 32.1 Å². The summed E-state index contributed by atoms with van der Waals surface area (Å²) in [6.45, 7) is 2.61. The minimum atomic E-state index is -3.55. The number of benzene rings is 2. The molecule has 2 aromatic rings. The fraction of sp³-hybridized carbons (Fsp3) is 0.435. The molecule has 0 aromatic heterocycles. The molecule has 0 spiro atoms. The number of hydrogen-bond acceptors (Lipinski definition) is 4. The number of nitrogens with one attached hydrogen (secondary N) is 1. The van der Waals surface area contributed by atoms with Crippen molar-refractivity contribution < 1.29 is 17.9 Å². The van der Waals surface area contributed by atoms with E-state index in [9.17, 15) is 13.2 Å². The topological polar surface area (TPSA) is 75.7 Å². The first-order valence-corrected chi connectivity index (χ1v) is 12.0. The van der Waals surface area contributed by atoms with Crippen molar-refractivity contribution in [1.82, 2.24) is 4.31 Å². The molecule has 1 aliphatic carbocycles. The molecule has 2 aromatic carbocycles. The lowest BCUT2D eigenvalue weighted by Gasteiger charge is -2.30. The SMILES string of the molecule is CCCOc1cccc(C(=O)Nc2ccc(S(=O)(=O)N(C)C3CCCCC3)cc2)c1. The zero-order chi connectivity index (χ0) is 21.6. The Kier molecular flexibility index (Phi) is 7.50. The maximum absolute atomic E-state index is 12.9. The van der Waals surface area contributed by atoms with E-state index in [2.05, 4.69) is 5.32 Å². The summed E-state index contributed by atoms with van der Waals surface area (Å²) in [5.41, 5.74) is 1.02. The first-order chi connectivity index (χ1) is 14.4. The molecule has 0 aliphatic heterocycles. The fourth-order valence-electron chi connectivity index (χ4n) is 3.67. The Morgan fingerprint density at radius 2 is 1.80 bits per heavy atom. The van der Waals surface area contributed by atoms with Crippen LogP contribution in [0, 0.1) is 0 Å². The van der Waals surface area contributed by atoms with Crippen LogP contribution in [0.3, 0.4) is 0 Å². The van der Waals surface area contributed by atoms with E-state index in [1.165, 1.54) is 10.7 Å². The molecule has 0 saturated heterocycles. The van der Waals surface area contributed by atoms with Gasteiger partial charge >= 0.3 is 0 Å². The summed E-state index contributed by atoms with van der Waals surface area (Å²) in [5, 5.41) is 2.81. The molecule has 0 heterocycles. The highest BCUT2D eigenvalue weighted by molar-refractivity contribution is 7.89. The monoisotopic (exact) mass is 430 g/mol. The quantitative estimate of drug-likeness (QED) is 0.660. The summed E-state index contributed by atoms with van der Waals surface area (Å²) in [6, 6.07) is 13.4. The van der Waals surface area contributed by atoms with E-state index in [1.807, 2.05) is 13.0 Å². The van der Waals surface area contributed by atoms with Gasteiger partial charge in [-0.3, -0.25) is 4.79 Å². The molecule has 0 unspecified atom stereocenters. The molecule has 0 radical (unpaired) electrons. The van der Waals surface area contributed by atoms with Gasteiger partial charge in [0.15, 0.2) is 0 Å². The molecule has 30 heavy (non-hydrogen) atoms. The lowest BCUT2D eigenvalue weighted by atomic mass is 9.96. The Balaban J connectivity index is 1.67. The van der Waals surface area contributed by atoms with Crippen LogP contribution in [0.5, 0.6) is 5.75 Å². The van der Waals surface area contributed by atoms with Gasteiger partial charge in [-0.15, -0.1) is 0 Å². The van der Waals surface area contributed by atoms with Crippen LogP contribution in [0.15, 0.2) is 53.4 Å². The second kappa shape index (κ2) is 10.1. The largest absolute Gasteiger partial charge is 0.494 e. The molecule has 6 nitrogen and oxygen atoms in total. The first-order valence-electron chi connectivity index (χ1n) is 10.5. The van der Waals surface area contributed by atoms with Gasteiger partial charge in [-0.05, 0) is 61.7 Å². The maximum atomic E-state index is 12.9. The van der Waals surface area contributed by atoms with Crippen molar-refractivity contribution in [1.29, 1.82) is 0 Å². The number of ether oxygens (including phenoxy) is 1. The van der Waals surface area contributed by atoms with E-state index in [0.29, 0.717) is 23.6 Å². The van der Waals surface area contributed by atoms with Gasteiger partial charge in [-0.25, -0.2) is 8.42 Å². The van der Waals surface area contributed by atoms with Crippen molar-refractivity contribution >= 4 is 21.6 Å². The Morgan fingerprint density at radius 3 is 2.47 bits per heavy atom. The molecule has 7 heteroatoms. The van der Waals surface area contributed by atoms with Crippen LogP contribution >= 0.6 is 0 Å². The van der Waals surface area contributed by atoms with Gasteiger partial charge in [0.25, 0.3) is 5.91 Å². The van der Waals surface area contributed by atoms with Crippen LogP contribution in [0.2, 0.25) is 0 Å². The standard InChI is InChI=1S/C23H30N2O4S/c1-3-16-29-21-11-7-8-18(17-21)23(26)24-19-12-14-22(15-13-19)30(27,28)25(2)20-9-5-4-6-10-20/h7-8,11-15,17,20H,3-6,9-10,16H2,1-2H3,(H,24,26). The van der Waals surface area contributed by atoms with E-state index in [4.69, 9.17) is 4.74 Å². The third-order valence-corrected chi connectivity index (χ3v) is 7.37. The Labute approximate surface area is 179 Å². The smallest absolute Gasteiger partial charge is 0.255 e. The number of anilines is 1. The molecule has 162 valence electrons. The molecule has 1 aliphatic rings.